The second kappa shape index (κ2) is 6.26. The molecule has 0 aliphatic rings. The first-order valence-corrected chi connectivity index (χ1v) is 7.61. The van der Waals surface area contributed by atoms with E-state index >= 15 is 0 Å². The summed E-state index contributed by atoms with van der Waals surface area (Å²) in [4.78, 5) is 16.6. The van der Waals surface area contributed by atoms with Crippen LogP contribution in [-0.4, -0.2) is 15.5 Å². The molecule has 1 amide bonds. The molecule has 3 rings (SSSR count). The molecule has 0 aliphatic heterocycles. The second-order valence-corrected chi connectivity index (χ2v) is 5.74. The van der Waals surface area contributed by atoms with E-state index in [2.05, 4.69) is 10.3 Å². The SMILES string of the molecule is Cc1cn(-c2ccc(NC(=O)c3ccc(Cl)cc3)cc2)c(C)n1. The first-order chi connectivity index (χ1) is 11.0. The van der Waals surface area contributed by atoms with Crippen molar-refractivity contribution in [2.45, 2.75) is 13.8 Å². The van der Waals surface area contributed by atoms with E-state index in [0.29, 0.717) is 10.6 Å². The quantitative estimate of drug-likeness (QED) is 0.776. The van der Waals surface area contributed by atoms with Crippen LogP contribution in [0.5, 0.6) is 0 Å². The van der Waals surface area contributed by atoms with Crippen molar-refractivity contribution in [2.75, 3.05) is 5.32 Å². The van der Waals surface area contributed by atoms with Gasteiger partial charge in [0.2, 0.25) is 0 Å². The Labute approximate surface area is 139 Å². The fraction of sp³-hybridized carbons (Fsp3) is 0.111. The number of carbonyl (C=O) groups is 1. The van der Waals surface area contributed by atoms with E-state index in [-0.39, 0.29) is 5.91 Å². The third-order valence-electron chi connectivity index (χ3n) is 3.51. The zero-order chi connectivity index (χ0) is 16.4. The van der Waals surface area contributed by atoms with Crippen LogP contribution in [0, 0.1) is 13.8 Å². The average molecular weight is 326 g/mol. The maximum atomic E-state index is 12.2. The zero-order valence-electron chi connectivity index (χ0n) is 12.9. The summed E-state index contributed by atoms with van der Waals surface area (Å²) >= 11 is 5.83. The molecular weight excluding hydrogens is 310 g/mol. The summed E-state index contributed by atoms with van der Waals surface area (Å²) in [5, 5.41) is 3.48. The van der Waals surface area contributed by atoms with Gasteiger partial charge in [0.25, 0.3) is 5.91 Å². The molecule has 0 saturated heterocycles. The molecule has 3 aromatic rings. The maximum Gasteiger partial charge on any atom is 0.255 e. The van der Waals surface area contributed by atoms with E-state index < -0.39 is 0 Å². The number of hydrogen-bond acceptors (Lipinski definition) is 2. The van der Waals surface area contributed by atoms with Gasteiger partial charge in [-0.2, -0.15) is 0 Å². The molecule has 0 fully saturated rings. The lowest BCUT2D eigenvalue weighted by Crippen LogP contribution is -2.11. The average Bonchev–Trinajstić information content (AvgIpc) is 2.87. The third-order valence-corrected chi connectivity index (χ3v) is 3.76. The number of amides is 1. The lowest BCUT2D eigenvalue weighted by atomic mass is 10.2. The Morgan fingerprint density at radius 1 is 1.04 bits per heavy atom. The molecule has 2 aromatic carbocycles. The van der Waals surface area contributed by atoms with Crippen LogP contribution in [0.15, 0.2) is 54.7 Å². The van der Waals surface area contributed by atoms with Crippen molar-refractivity contribution >= 4 is 23.2 Å². The molecule has 0 unspecified atom stereocenters. The molecule has 0 saturated carbocycles. The Hall–Kier alpha value is -2.59. The number of anilines is 1. The summed E-state index contributed by atoms with van der Waals surface area (Å²) in [6, 6.07) is 14.4. The number of carbonyl (C=O) groups excluding carboxylic acids is 1. The third kappa shape index (κ3) is 3.43. The first-order valence-electron chi connectivity index (χ1n) is 7.23. The van der Waals surface area contributed by atoms with Crippen LogP contribution >= 0.6 is 11.6 Å². The molecule has 5 heteroatoms. The fourth-order valence-electron chi connectivity index (χ4n) is 2.39. The van der Waals surface area contributed by atoms with Crippen LogP contribution in [0.3, 0.4) is 0 Å². The molecule has 4 nitrogen and oxygen atoms in total. The molecular formula is C18H16ClN3O. The van der Waals surface area contributed by atoms with Crippen molar-refractivity contribution in [3.8, 4) is 5.69 Å². The molecule has 1 aromatic heterocycles. The molecule has 23 heavy (non-hydrogen) atoms. The van der Waals surface area contributed by atoms with E-state index in [1.165, 1.54) is 0 Å². The van der Waals surface area contributed by atoms with Crippen LogP contribution in [0.1, 0.15) is 21.9 Å². The van der Waals surface area contributed by atoms with E-state index in [0.717, 1.165) is 22.9 Å². The van der Waals surface area contributed by atoms with Crippen molar-refractivity contribution < 1.29 is 4.79 Å². The van der Waals surface area contributed by atoms with Crippen LogP contribution in [0.25, 0.3) is 5.69 Å². The van der Waals surface area contributed by atoms with Gasteiger partial charge in [0.15, 0.2) is 0 Å². The van der Waals surface area contributed by atoms with Gasteiger partial charge in [0.1, 0.15) is 5.82 Å². The second-order valence-electron chi connectivity index (χ2n) is 5.31. The summed E-state index contributed by atoms with van der Waals surface area (Å²) in [7, 11) is 0. The molecule has 1 N–H and O–H groups in total. The molecule has 0 bridgehead atoms. The number of aromatic nitrogens is 2. The molecule has 0 spiro atoms. The number of halogens is 1. The normalized spacial score (nSPS) is 10.6. The zero-order valence-corrected chi connectivity index (χ0v) is 13.6. The van der Waals surface area contributed by atoms with Gasteiger partial charge in [-0.15, -0.1) is 0 Å². The van der Waals surface area contributed by atoms with Gasteiger partial charge < -0.3 is 9.88 Å². The van der Waals surface area contributed by atoms with Crippen LogP contribution in [0.4, 0.5) is 5.69 Å². The van der Waals surface area contributed by atoms with Gasteiger partial charge in [-0.3, -0.25) is 4.79 Å². The van der Waals surface area contributed by atoms with Gasteiger partial charge >= 0.3 is 0 Å². The minimum atomic E-state index is -0.163. The van der Waals surface area contributed by atoms with Crippen LogP contribution < -0.4 is 5.32 Å². The molecule has 116 valence electrons. The predicted molar refractivity (Wildman–Crippen MR) is 92.4 cm³/mol. The summed E-state index contributed by atoms with van der Waals surface area (Å²) in [5.74, 6) is 0.768. The lowest BCUT2D eigenvalue weighted by molar-refractivity contribution is 0.102. The Kier molecular flexibility index (Phi) is 4.17. The fourth-order valence-corrected chi connectivity index (χ4v) is 2.52. The standard InChI is InChI=1S/C18H16ClN3O/c1-12-11-22(13(2)20-12)17-9-7-16(8-10-17)21-18(23)14-3-5-15(19)6-4-14/h3-11H,1-2H3,(H,21,23). The number of rotatable bonds is 3. The number of benzene rings is 2. The highest BCUT2D eigenvalue weighted by atomic mass is 35.5. The Morgan fingerprint density at radius 2 is 1.70 bits per heavy atom. The van der Waals surface area contributed by atoms with Crippen molar-refractivity contribution in [3.63, 3.8) is 0 Å². The summed E-state index contributed by atoms with van der Waals surface area (Å²) < 4.78 is 2.01. The predicted octanol–water partition coefficient (Wildman–Crippen LogP) is 4.39. The van der Waals surface area contributed by atoms with E-state index in [1.54, 1.807) is 24.3 Å². The monoisotopic (exact) mass is 325 g/mol. The largest absolute Gasteiger partial charge is 0.322 e. The molecule has 0 radical (unpaired) electrons. The van der Waals surface area contributed by atoms with Gasteiger partial charge in [-0.05, 0) is 62.4 Å². The van der Waals surface area contributed by atoms with Gasteiger partial charge in [0.05, 0.1) is 5.69 Å². The van der Waals surface area contributed by atoms with E-state index in [9.17, 15) is 4.79 Å². The van der Waals surface area contributed by atoms with Crippen LogP contribution in [0.2, 0.25) is 5.02 Å². The highest BCUT2D eigenvalue weighted by Crippen LogP contribution is 2.17. The number of aryl methyl sites for hydroxylation is 2. The van der Waals surface area contributed by atoms with Crippen molar-refractivity contribution in [1.29, 1.82) is 0 Å². The van der Waals surface area contributed by atoms with Gasteiger partial charge in [-0.25, -0.2) is 4.98 Å². The highest BCUT2D eigenvalue weighted by molar-refractivity contribution is 6.30. The number of nitrogens with zero attached hydrogens (tertiary/aromatic N) is 2. The van der Waals surface area contributed by atoms with E-state index in [4.69, 9.17) is 11.6 Å². The van der Waals surface area contributed by atoms with E-state index in [1.807, 2.05) is 48.9 Å². The lowest BCUT2D eigenvalue weighted by Gasteiger charge is -2.08. The maximum absolute atomic E-state index is 12.2. The van der Waals surface area contributed by atoms with Crippen molar-refractivity contribution in [2.24, 2.45) is 0 Å². The topological polar surface area (TPSA) is 46.9 Å². The van der Waals surface area contributed by atoms with Crippen molar-refractivity contribution in [1.82, 2.24) is 9.55 Å². The Balaban J connectivity index is 1.76. The smallest absolute Gasteiger partial charge is 0.255 e. The summed E-state index contributed by atoms with van der Waals surface area (Å²) in [6.45, 7) is 3.92. The van der Waals surface area contributed by atoms with Crippen LogP contribution in [-0.2, 0) is 0 Å². The number of imidazole rings is 1. The van der Waals surface area contributed by atoms with Gasteiger partial charge in [-0.1, -0.05) is 11.6 Å². The molecule has 0 atom stereocenters. The minimum Gasteiger partial charge on any atom is -0.322 e. The molecule has 1 heterocycles. The Bertz CT molecular complexity index is 836. The first kappa shape index (κ1) is 15.3. The summed E-state index contributed by atoms with van der Waals surface area (Å²) in [5.41, 5.74) is 3.29. The van der Waals surface area contributed by atoms with Crippen molar-refractivity contribution in [3.05, 3.63) is 76.8 Å². The Morgan fingerprint density at radius 3 is 2.26 bits per heavy atom. The number of nitrogens with one attached hydrogen (secondary N) is 1. The molecule has 0 aliphatic carbocycles. The highest BCUT2D eigenvalue weighted by Gasteiger charge is 2.07. The number of hydrogen-bond donors (Lipinski definition) is 1. The summed E-state index contributed by atoms with van der Waals surface area (Å²) in [6.07, 6.45) is 1.98. The minimum absolute atomic E-state index is 0.163. The van der Waals surface area contributed by atoms with Gasteiger partial charge in [0, 0.05) is 28.2 Å².